The summed E-state index contributed by atoms with van der Waals surface area (Å²) in [5.41, 5.74) is 2.90. The van der Waals surface area contributed by atoms with Crippen molar-refractivity contribution in [1.29, 1.82) is 0 Å². The summed E-state index contributed by atoms with van der Waals surface area (Å²) in [4.78, 5) is 11.7. The van der Waals surface area contributed by atoms with Gasteiger partial charge in [-0.05, 0) is 42.0 Å². The van der Waals surface area contributed by atoms with Crippen molar-refractivity contribution < 1.29 is 19.4 Å². The fourth-order valence-electron chi connectivity index (χ4n) is 1.73. The van der Waals surface area contributed by atoms with E-state index in [1.54, 1.807) is 24.3 Å². The lowest BCUT2D eigenvalue weighted by atomic mass is 10.2. The largest absolute Gasteiger partial charge is 0.504 e. The maximum absolute atomic E-state index is 11.7. The normalized spacial score (nSPS) is 10.6. The summed E-state index contributed by atoms with van der Waals surface area (Å²) in [6.07, 6.45) is 1.38. The molecule has 0 aliphatic rings. The number of carbonyl (C=O) groups excluding carboxylic acids is 1. The van der Waals surface area contributed by atoms with Gasteiger partial charge in [0.25, 0.3) is 5.91 Å². The molecule has 1 amide bonds. The van der Waals surface area contributed by atoms with Crippen molar-refractivity contribution in [2.45, 2.75) is 0 Å². The SMILES string of the molecule is COc1ccc(/C=N\NC(=O)COc2ccc(Cl)cc2Cl)cc1O. The number of hydrazone groups is 1. The number of hydrogen-bond acceptors (Lipinski definition) is 5. The first kappa shape index (κ1) is 17.9. The number of nitrogens with one attached hydrogen (secondary N) is 1. The number of rotatable bonds is 6. The Kier molecular flexibility index (Phi) is 6.28. The van der Waals surface area contributed by atoms with Gasteiger partial charge in [0.15, 0.2) is 18.1 Å². The highest BCUT2D eigenvalue weighted by Crippen LogP contribution is 2.27. The molecule has 0 bridgehead atoms. The van der Waals surface area contributed by atoms with Crippen LogP contribution in [0.3, 0.4) is 0 Å². The molecule has 126 valence electrons. The molecule has 0 aliphatic heterocycles. The second kappa shape index (κ2) is 8.42. The Bertz CT molecular complexity index is 766. The third kappa shape index (κ3) is 5.04. The Morgan fingerprint density at radius 2 is 2.00 bits per heavy atom. The van der Waals surface area contributed by atoms with Crippen molar-refractivity contribution in [2.24, 2.45) is 5.10 Å². The number of carbonyl (C=O) groups is 1. The number of benzene rings is 2. The molecule has 0 radical (unpaired) electrons. The van der Waals surface area contributed by atoms with Crippen LogP contribution in [0.25, 0.3) is 0 Å². The highest BCUT2D eigenvalue weighted by Gasteiger charge is 2.06. The molecule has 0 saturated carbocycles. The van der Waals surface area contributed by atoms with Crippen LogP contribution in [0.4, 0.5) is 0 Å². The van der Waals surface area contributed by atoms with Gasteiger partial charge in [-0.2, -0.15) is 5.10 Å². The van der Waals surface area contributed by atoms with Crippen molar-refractivity contribution in [2.75, 3.05) is 13.7 Å². The van der Waals surface area contributed by atoms with Crippen LogP contribution in [-0.2, 0) is 4.79 Å². The average molecular weight is 369 g/mol. The van der Waals surface area contributed by atoms with Crippen molar-refractivity contribution in [3.8, 4) is 17.2 Å². The zero-order valence-corrected chi connectivity index (χ0v) is 14.1. The highest BCUT2D eigenvalue weighted by atomic mass is 35.5. The summed E-state index contributed by atoms with van der Waals surface area (Å²) in [6.45, 7) is -0.257. The summed E-state index contributed by atoms with van der Waals surface area (Å²) >= 11 is 11.7. The number of amides is 1. The van der Waals surface area contributed by atoms with Crippen molar-refractivity contribution in [3.63, 3.8) is 0 Å². The molecule has 0 aromatic heterocycles. The van der Waals surface area contributed by atoms with Gasteiger partial charge in [0.1, 0.15) is 5.75 Å². The molecule has 6 nitrogen and oxygen atoms in total. The zero-order valence-electron chi connectivity index (χ0n) is 12.6. The Balaban J connectivity index is 1.85. The van der Waals surface area contributed by atoms with Crippen LogP contribution in [0.15, 0.2) is 41.5 Å². The smallest absolute Gasteiger partial charge is 0.277 e. The first-order valence-electron chi connectivity index (χ1n) is 6.76. The number of ether oxygens (including phenoxy) is 2. The molecule has 2 rings (SSSR count). The van der Waals surface area contributed by atoms with E-state index in [0.29, 0.717) is 27.1 Å². The number of aromatic hydroxyl groups is 1. The fraction of sp³-hybridized carbons (Fsp3) is 0.125. The number of phenolic OH excluding ortho intramolecular Hbond substituents is 1. The molecule has 2 aromatic rings. The van der Waals surface area contributed by atoms with Crippen LogP contribution >= 0.6 is 23.2 Å². The minimum absolute atomic E-state index is 0.0199. The van der Waals surface area contributed by atoms with Crippen LogP contribution in [0.2, 0.25) is 10.0 Å². The molecule has 24 heavy (non-hydrogen) atoms. The lowest BCUT2D eigenvalue weighted by Gasteiger charge is -2.07. The quantitative estimate of drug-likeness (QED) is 0.605. The van der Waals surface area contributed by atoms with E-state index in [1.807, 2.05) is 0 Å². The third-order valence-electron chi connectivity index (χ3n) is 2.86. The van der Waals surface area contributed by atoms with Gasteiger partial charge in [0.2, 0.25) is 0 Å². The summed E-state index contributed by atoms with van der Waals surface area (Å²) in [5.74, 6) is 0.216. The van der Waals surface area contributed by atoms with Crippen LogP contribution in [0, 0.1) is 0 Å². The maximum Gasteiger partial charge on any atom is 0.277 e. The Labute approximate surface area is 148 Å². The Morgan fingerprint density at radius 3 is 2.67 bits per heavy atom. The second-order valence-corrected chi connectivity index (χ2v) is 5.43. The van der Waals surface area contributed by atoms with Gasteiger partial charge in [0.05, 0.1) is 18.3 Å². The summed E-state index contributed by atoms with van der Waals surface area (Å²) in [6, 6.07) is 9.42. The number of phenols is 1. The molecule has 0 saturated heterocycles. The first-order chi connectivity index (χ1) is 11.5. The predicted octanol–water partition coefficient (Wildman–Crippen LogP) is 3.24. The minimum atomic E-state index is -0.463. The lowest BCUT2D eigenvalue weighted by molar-refractivity contribution is -0.123. The second-order valence-electron chi connectivity index (χ2n) is 4.59. The summed E-state index contributed by atoms with van der Waals surface area (Å²) in [5, 5.41) is 14.2. The number of methoxy groups -OCH3 is 1. The highest BCUT2D eigenvalue weighted by molar-refractivity contribution is 6.35. The van der Waals surface area contributed by atoms with Crippen molar-refractivity contribution in [1.82, 2.24) is 5.43 Å². The molecule has 0 fully saturated rings. The molecule has 2 N–H and O–H groups in total. The molecule has 0 heterocycles. The molecule has 0 spiro atoms. The topological polar surface area (TPSA) is 80.2 Å². The molecular formula is C16H14Cl2N2O4. The number of nitrogens with zero attached hydrogens (tertiary/aromatic N) is 1. The van der Waals surface area contributed by atoms with E-state index >= 15 is 0 Å². The van der Waals surface area contributed by atoms with E-state index in [9.17, 15) is 9.90 Å². The zero-order chi connectivity index (χ0) is 17.5. The predicted molar refractivity (Wildman–Crippen MR) is 92.4 cm³/mol. The van der Waals surface area contributed by atoms with E-state index in [1.165, 1.54) is 25.5 Å². The van der Waals surface area contributed by atoms with Crippen LogP contribution < -0.4 is 14.9 Å². The van der Waals surface area contributed by atoms with Gasteiger partial charge in [-0.3, -0.25) is 4.79 Å². The first-order valence-corrected chi connectivity index (χ1v) is 7.52. The van der Waals surface area contributed by atoms with Crippen molar-refractivity contribution >= 4 is 35.3 Å². The molecule has 0 atom stereocenters. The Hall–Kier alpha value is -2.44. The van der Waals surface area contributed by atoms with Gasteiger partial charge in [-0.25, -0.2) is 5.43 Å². The average Bonchev–Trinajstić information content (AvgIpc) is 2.54. The molecular weight excluding hydrogens is 355 g/mol. The van der Waals surface area contributed by atoms with E-state index in [0.717, 1.165) is 0 Å². The monoisotopic (exact) mass is 368 g/mol. The molecule has 8 heteroatoms. The van der Waals surface area contributed by atoms with Gasteiger partial charge < -0.3 is 14.6 Å². The summed E-state index contributed by atoms with van der Waals surface area (Å²) in [7, 11) is 1.45. The van der Waals surface area contributed by atoms with Gasteiger partial charge in [-0.1, -0.05) is 23.2 Å². The van der Waals surface area contributed by atoms with Crippen LogP contribution in [0.1, 0.15) is 5.56 Å². The van der Waals surface area contributed by atoms with E-state index < -0.39 is 5.91 Å². The van der Waals surface area contributed by atoms with Gasteiger partial charge in [-0.15, -0.1) is 0 Å². The summed E-state index contributed by atoms with van der Waals surface area (Å²) < 4.78 is 10.2. The van der Waals surface area contributed by atoms with E-state index in [4.69, 9.17) is 32.7 Å². The molecule has 0 unspecified atom stereocenters. The standard InChI is InChI=1S/C16H14Cl2N2O4/c1-23-15-4-2-10(6-13(15)21)8-19-20-16(22)9-24-14-5-3-11(17)7-12(14)18/h2-8,21H,9H2,1H3,(H,20,22)/b19-8-. The van der Waals surface area contributed by atoms with Crippen molar-refractivity contribution in [3.05, 3.63) is 52.0 Å². The van der Waals surface area contributed by atoms with Gasteiger partial charge in [0, 0.05) is 5.02 Å². The maximum atomic E-state index is 11.7. The Morgan fingerprint density at radius 1 is 1.25 bits per heavy atom. The fourth-order valence-corrected chi connectivity index (χ4v) is 2.20. The van der Waals surface area contributed by atoms with E-state index in [-0.39, 0.29) is 12.4 Å². The molecule has 0 aliphatic carbocycles. The minimum Gasteiger partial charge on any atom is -0.504 e. The molecule has 2 aromatic carbocycles. The van der Waals surface area contributed by atoms with Crippen LogP contribution in [0.5, 0.6) is 17.2 Å². The lowest BCUT2D eigenvalue weighted by Crippen LogP contribution is -2.24. The third-order valence-corrected chi connectivity index (χ3v) is 3.39. The number of halogens is 2. The number of hydrogen-bond donors (Lipinski definition) is 2. The van der Waals surface area contributed by atoms with Crippen LogP contribution in [-0.4, -0.2) is 30.9 Å². The van der Waals surface area contributed by atoms with Gasteiger partial charge >= 0.3 is 0 Å². The van der Waals surface area contributed by atoms with E-state index in [2.05, 4.69) is 10.5 Å².